The van der Waals surface area contributed by atoms with E-state index in [2.05, 4.69) is 0 Å². The number of hydrogen-bond acceptors (Lipinski definition) is 6. The minimum atomic E-state index is -0.917. The van der Waals surface area contributed by atoms with E-state index in [1.165, 1.54) is 12.1 Å². The SMILES string of the molecule is CC(O)C(COc1ccc(O)cc1)OC1O[C@H]1O. The lowest BCUT2D eigenvalue weighted by Gasteiger charge is -2.19. The van der Waals surface area contributed by atoms with Crippen LogP contribution in [0.2, 0.25) is 0 Å². The lowest BCUT2D eigenvalue weighted by atomic mass is 10.2. The number of aliphatic hydroxyl groups excluding tert-OH is 2. The Labute approximate surface area is 104 Å². The molecule has 3 unspecified atom stereocenters. The van der Waals surface area contributed by atoms with Crippen molar-refractivity contribution >= 4 is 0 Å². The summed E-state index contributed by atoms with van der Waals surface area (Å²) in [4.78, 5) is 0. The molecule has 4 atom stereocenters. The summed E-state index contributed by atoms with van der Waals surface area (Å²) in [6.07, 6.45) is -2.95. The van der Waals surface area contributed by atoms with E-state index in [1.807, 2.05) is 0 Å². The number of hydrogen-bond donors (Lipinski definition) is 3. The molecule has 3 N–H and O–H groups in total. The van der Waals surface area contributed by atoms with Crippen molar-refractivity contribution in [1.82, 2.24) is 0 Å². The van der Waals surface area contributed by atoms with E-state index in [4.69, 9.17) is 24.4 Å². The van der Waals surface area contributed by atoms with Crippen LogP contribution in [-0.2, 0) is 9.47 Å². The highest BCUT2D eigenvalue weighted by Gasteiger charge is 2.41. The van der Waals surface area contributed by atoms with E-state index in [-0.39, 0.29) is 12.4 Å². The van der Waals surface area contributed by atoms with Crippen LogP contribution in [0.5, 0.6) is 11.5 Å². The van der Waals surface area contributed by atoms with Crippen LogP contribution in [0.15, 0.2) is 24.3 Å². The normalized spacial score (nSPS) is 25.5. The topological polar surface area (TPSA) is 91.7 Å². The van der Waals surface area contributed by atoms with E-state index in [0.29, 0.717) is 5.75 Å². The van der Waals surface area contributed by atoms with Crippen molar-refractivity contribution in [2.45, 2.75) is 31.7 Å². The van der Waals surface area contributed by atoms with E-state index in [1.54, 1.807) is 19.1 Å². The summed E-state index contributed by atoms with van der Waals surface area (Å²) < 4.78 is 15.4. The third-order valence-corrected chi connectivity index (χ3v) is 2.53. The summed E-state index contributed by atoms with van der Waals surface area (Å²) in [6, 6.07) is 6.22. The van der Waals surface area contributed by atoms with Crippen molar-refractivity contribution in [3.05, 3.63) is 24.3 Å². The van der Waals surface area contributed by atoms with E-state index >= 15 is 0 Å². The summed E-state index contributed by atoms with van der Waals surface area (Å²) in [5.41, 5.74) is 0. The fourth-order valence-corrected chi connectivity index (χ4v) is 1.38. The van der Waals surface area contributed by atoms with Crippen LogP contribution in [0.25, 0.3) is 0 Å². The molecule has 18 heavy (non-hydrogen) atoms. The Morgan fingerprint density at radius 2 is 1.94 bits per heavy atom. The second-order valence-corrected chi connectivity index (χ2v) is 4.12. The van der Waals surface area contributed by atoms with E-state index < -0.39 is 24.8 Å². The second kappa shape index (κ2) is 5.53. The van der Waals surface area contributed by atoms with Crippen LogP contribution in [0, 0.1) is 0 Å². The van der Waals surface area contributed by atoms with Gasteiger partial charge in [0.05, 0.1) is 6.10 Å². The first-order valence-corrected chi connectivity index (χ1v) is 5.65. The Bertz CT molecular complexity index is 377. The van der Waals surface area contributed by atoms with Gasteiger partial charge in [-0.15, -0.1) is 0 Å². The van der Waals surface area contributed by atoms with Gasteiger partial charge >= 0.3 is 0 Å². The number of aliphatic hydroxyl groups is 2. The molecule has 1 aliphatic heterocycles. The van der Waals surface area contributed by atoms with Crippen LogP contribution in [0.1, 0.15) is 6.92 Å². The highest BCUT2D eigenvalue weighted by Crippen LogP contribution is 2.23. The fourth-order valence-electron chi connectivity index (χ4n) is 1.38. The largest absolute Gasteiger partial charge is 0.508 e. The molecule has 0 bridgehead atoms. The molecule has 0 aromatic heterocycles. The molecular weight excluding hydrogens is 240 g/mol. The molecule has 1 fully saturated rings. The van der Waals surface area contributed by atoms with Crippen LogP contribution in [-0.4, -0.2) is 46.7 Å². The van der Waals surface area contributed by atoms with Crippen molar-refractivity contribution in [2.75, 3.05) is 6.61 Å². The summed E-state index contributed by atoms with van der Waals surface area (Å²) in [7, 11) is 0. The first-order valence-electron chi connectivity index (χ1n) is 5.65. The highest BCUT2D eigenvalue weighted by molar-refractivity contribution is 5.30. The maximum atomic E-state index is 9.52. The minimum Gasteiger partial charge on any atom is -0.508 e. The maximum Gasteiger partial charge on any atom is 0.212 e. The Kier molecular flexibility index (Phi) is 4.03. The average Bonchev–Trinajstić information content (AvgIpc) is 3.02. The van der Waals surface area contributed by atoms with Gasteiger partial charge in [0.25, 0.3) is 0 Å². The number of aromatic hydroxyl groups is 1. The Balaban J connectivity index is 1.83. The number of phenolic OH excluding ortho intramolecular Hbond substituents is 1. The quantitative estimate of drug-likeness (QED) is 0.630. The van der Waals surface area contributed by atoms with Gasteiger partial charge < -0.3 is 29.5 Å². The monoisotopic (exact) mass is 256 g/mol. The van der Waals surface area contributed by atoms with Crippen molar-refractivity contribution in [3.63, 3.8) is 0 Å². The van der Waals surface area contributed by atoms with E-state index in [0.717, 1.165) is 0 Å². The smallest absolute Gasteiger partial charge is 0.212 e. The molecule has 6 nitrogen and oxygen atoms in total. The average molecular weight is 256 g/mol. The molecule has 1 aliphatic rings. The van der Waals surface area contributed by atoms with Crippen LogP contribution < -0.4 is 4.74 Å². The minimum absolute atomic E-state index is 0.120. The Hall–Kier alpha value is -1.34. The molecule has 1 heterocycles. The molecule has 0 aliphatic carbocycles. The summed E-state index contributed by atoms with van der Waals surface area (Å²) >= 11 is 0. The van der Waals surface area contributed by atoms with Gasteiger partial charge in [0.1, 0.15) is 24.2 Å². The molecule has 6 heteroatoms. The summed E-state index contributed by atoms with van der Waals surface area (Å²) in [5, 5.41) is 27.6. The number of epoxide rings is 1. The zero-order valence-corrected chi connectivity index (χ0v) is 9.89. The fraction of sp³-hybridized carbons (Fsp3) is 0.500. The standard InChI is InChI=1S/C12H16O6/c1-7(13)10(17-12-11(15)18-12)6-16-9-4-2-8(14)3-5-9/h2-5,7,10-15H,6H2,1H3/t7?,10?,11-,12?/m1/s1. The zero-order chi connectivity index (χ0) is 13.1. The number of ether oxygens (including phenoxy) is 3. The van der Waals surface area contributed by atoms with Crippen LogP contribution >= 0.6 is 0 Å². The molecule has 1 saturated heterocycles. The van der Waals surface area contributed by atoms with Gasteiger partial charge in [-0.1, -0.05) is 0 Å². The third kappa shape index (κ3) is 3.58. The lowest BCUT2D eigenvalue weighted by molar-refractivity contribution is -0.0866. The van der Waals surface area contributed by atoms with Crippen molar-refractivity contribution in [2.24, 2.45) is 0 Å². The first kappa shape index (κ1) is 13.1. The first-order chi connectivity index (χ1) is 8.56. The van der Waals surface area contributed by atoms with E-state index in [9.17, 15) is 5.11 Å². The van der Waals surface area contributed by atoms with Crippen molar-refractivity contribution in [3.8, 4) is 11.5 Å². The van der Waals surface area contributed by atoms with Gasteiger partial charge in [0, 0.05) is 0 Å². The molecule has 0 spiro atoms. The predicted octanol–water partition coefficient (Wildman–Crippen LogP) is 0.212. The lowest BCUT2D eigenvalue weighted by Crippen LogP contribution is -2.34. The summed E-state index contributed by atoms with van der Waals surface area (Å²) in [6.45, 7) is 1.69. The zero-order valence-electron chi connectivity index (χ0n) is 9.89. The predicted molar refractivity (Wildman–Crippen MR) is 61.0 cm³/mol. The van der Waals surface area contributed by atoms with Crippen LogP contribution in [0.4, 0.5) is 0 Å². The van der Waals surface area contributed by atoms with Gasteiger partial charge in [-0.05, 0) is 31.2 Å². The molecular formula is C12H16O6. The van der Waals surface area contributed by atoms with Gasteiger partial charge in [-0.25, -0.2) is 0 Å². The maximum absolute atomic E-state index is 9.52. The molecule has 2 rings (SSSR count). The van der Waals surface area contributed by atoms with Gasteiger partial charge in [-0.2, -0.15) is 0 Å². The van der Waals surface area contributed by atoms with Gasteiger partial charge in [0.2, 0.25) is 12.6 Å². The molecule has 1 aromatic carbocycles. The molecule has 0 radical (unpaired) electrons. The van der Waals surface area contributed by atoms with Crippen LogP contribution in [0.3, 0.4) is 0 Å². The Morgan fingerprint density at radius 3 is 2.44 bits per heavy atom. The molecule has 100 valence electrons. The highest BCUT2D eigenvalue weighted by atomic mass is 16.8. The van der Waals surface area contributed by atoms with Gasteiger partial charge in [0.15, 0.2) is 0 Å². The second-order valence-electron chi connectivity index (χ2n) is 4.12. The third-order valence-electron chi connectivity index (χ3n) is 2.53. The molecule has 1 aromatic rings. The van der Waals surface area contributed by atoms with Crippen molar-refractivity contribution < 1.29 is 29.5 Å². The Morgan fingerprint density at radius 1 is 1.33 bits per heavy atom. The van der Waals surface area contributed by atoms with Gasteiger partial charge in [-0.3, -0.25) is 0 Å². The molecule has 0 saturated carbocycles. The summed E-state index contributed by atoms with van der Waals surface area (Å²) in [5.74, 6) is 0.708. The number of rotatable bonds is 6. The molecule has 0 amide bonds. The number of phenols is 1. The number of benzene rings is 1. The van der Waals surface area contributed by atoms with Crippen molar-refractivity contribution in [1.29, 1.82) is 0 Å².